The van der Waals surface area contributed by atoms with Gasteiger partial charge in [-0.05, 0) is 0 Å². The second-order valence-electron chi connectivity index (χ2n) is 2.38. The monoisotopic (exact) mass is 265 g/mol. The van der Waals surface area contributed by atoms with Gasteiger partial charge in [0.15, 0.2) is 0 Å². The van der Waals surface area contributed by atoms with Gasteiger partial charge in [-0.1, -0.05) is 0 Å². The van der Waals surface area contributed by atoms with Crippen molar-refractivity contribution < 1.29 is 9.05 Å². The van der Waals surface area contributed by atoms with E-state index in [4.69, 9.17) is 9.05 Å². The summed E-state index contributed by atoms with van der Waals surface area (Å²) in [4.78, 5) is 0. The molecule has 0 atom stereocenters. The summed E-state index contributed by atoms with van der Waals surface area (Å²) in [6.45, 7) is 0. The Kier molecular flexibility index (Phi) is 4.37. The Morgan fingerprint density at radius 3 is 2.00 bits per heavy atom. The van der Waals surface area contributed by atoms with Gasteiger partial charge in [-0.25, -0.2) is 0 Å². The number of benzene rings is 1. The Morgan fingerprint density at radius 1 is 1.08 bits per heavy atom. The molecule has 0 N–H and O–H groups in total. The van der Waals surface area contributed by atoms with Crippen molar-refractivity contribution in [2.75, 3.05) is 14.2 Å². The molecule has 0 aliphatic heterocycles. The molecule has 2 nitrogen and oxygen atoms in total. The first kappa shape index (κ1) is 11.2. The van der Waals surface area contributed by atoms with E-state index in [1.54, 1.807) is 14.2 Å². The van der Waals surface area contributed by atoms with Crippen LogP contribution in [0.2, 0.25) is 5.82 Å². The van der Waals surface area contributed by atoms with Crippen molar-refractivity contribution in [3.63, 3.8) is 0 Å². The van der Waals surface area contributed by atoms with E-state index >= 15 is 0 Å². The molecule has 0 unspecified atom stereocenters. The van der Waals surface area contributed by atoms with Gasteiger partial charge in [0.25, 0.3) is 0 Å². The third-order valence-corrected chi connectivity index (χ3v) is 10.4. The van der Waals surface area contributed by atoms with E-state index in [1.807, 2.05) is 18.2 Å². The van der Waals surface area contributed by atoms with Gasteiger partial charge in [0.2, 0.25) is 0 Å². The van der Waals surface area contributed by atoms with Crippen LogP contribution in [0.5, 0.6) is 0 Å². The van der Waals surface area contributed by atoms with Crippen LogP contribution in [0.15, 0.2) is 30.3 Å². The molecule has 0 bridgehead atoms. The van der Waals surface area contributed by atoms with E-state index in [1.165, 1.54) is 5.30 Å². The zero-order valence-corrected chi connectivity index (χ0v) is 10.7. The number of hydrogen-bond acceptors (Lipinski definition) is 2. The molecule has 0 spiro atoms. The van der Waals surface area contributed by atoms with Gasteiger partial charge in [-0.15, -0.1) is 0 Å². The Hall–Kier alpha value is 0.0895. The van der Waals surface area contributed by atoms with Crippen molar-refractivity contribution in [1.29, 1.82) is 0 Å². The van der Waals surface area contributed by atoms with Crippen LogP contribution in [0.3, 0.4) is 0 Å². The van der Waals surface area contributed by atoms with Crippen molar-refractivity contribution in [3.8, 4) is 0 Å². The molecule has 0 amide bonds. The van der Waals surface area contributed by atoms with Crippen molar-refractivity contribution in [2.45, 2.75) is 5.82 Å². The first-order chi connectivity index (χ1) is 6.29. The number of hydrogen-bond donors (Lipinski definition) is 0. The second-order valence-corrected chi connectivity index (χ2v) is 10.3. The molecule has 0 heterocycles. The molecule has 0 aromatic heterocycles. The van der Waals surface area contributed by atoms with Gasteiger partial charge >= 0.3 is 85.6 Å². The molecule has 0 saturated carbocycles. The SMILES string of the molecule is CO[P+](OC)([Se]C)c1ccccc1. The van der Waals surface area contributed by atoms with Gasteiger partial charge in [0, 0.05) is 0 Å². The standard InChI is InChI=1S/C9H14O2PSe/c1-10-12(11-2,13-3)9-7-5-4-6-8-9/h4-8H,1-3H3/q+1. The summed E-state index contributed by atoms with van der Waals surface area (Å²) >= 11 is 0.359. The predicted octanol–water partition coefficient (Wildman–Crippen LogP) is 2.12. The van der Waals surface area contributed by atoms with E-state index in [-0.39, 0.29) is 0 Å². The fourth-order valence-electron chi connectivity index (χ4n) is 1.15. The van der Waals surface area contributed by atoms with Gasteiger partial charge in [-0.3, -0.25) is 0 Å². The predicted molar refractivity (Wildman–Crippen MR) is 58.6 cm³/mol. The topological polar surface area (TPSA) is 18.5 Å². The first-order valence-electron chi connectivity index (χ1n) is 3.91. The Labute approximate surface area is 85.9 Å². The molecule has 0 radical (unpaired) electrons. The Bertz CT molecular complexity index is 241. The third-order valence-electron chi connectivity index (χ3n) is 1.79. The van der Waals surface area contributed by atoms with E-state index in [2.05, 4.69) is 18.0 Å². The summed E-state index contributed by atoms with van der Waals surface area (Å²) in [6, 6.07) is 10.2. The van der Waals surface area contributed by atoms with Crippen LogP contribution in [-0.4, -0.2) is 28.7 Å². The van der Waals surface area contributed by atoms with Gasteiger partial charge in [0.1, 0.15) is 0 Å². The van der Waals surface area contributed by atoms with Crippen molar-refractivity contribution in [3.05, 3.63) is 30.3 Å². The van der Waals surface area contributed by atoms with Crippen LogP contribution >= 0.6 is 6.41 Å². The summed E-state index contributed by atoms with van der Waals surface area (Å²) in [5.74, 6) is 2.15. The van der Waals surface area contributed by atoms with Gasteiger partial charge < -0.3 is 0 Å². The fraction of sp³-hybridized carbons (Fsp3) is 0.333. The van der Waals surface area contributed by atoms with Crippen molar-refractivity contribution >= 4 is 26.2 Å². The van der Waals surface area contributed by atoms with Crippen LogP contribution in [0.4, 0.5) is 0 Å². The van der Waals surface area contributed by atoms with Crippen LogP contribution in [0.1, 0.15) is 0 Å². The molecule has 0 fully saturated rings. The van der Waals surface area contributed by atoms with E-state index in [0.29, 0.717) is 14.5 Å². The van der Waals surface area contributed by atoms with Crippen molar-refractivity contribution in [1.82, 2.24) is 0 Å². The average molecular weight is 264 g/mol. The maximum atomic E-state index is 5.54. The van der Waals surface area contributed by atoms with Crippen LogP contribution in [0, 0.1) is 0 Å². The maximum absolute atomic E-state index is 5.54. The van der Waals surface area contributed by atoms with E-state index in [0.717, 1.165) is 0 Å². The summed E-state index contributed by atoms with van der Waals surface area (Å²) < 4.78 is 11.1. The van der Waals surface area contributed by atoms with E-state index in [9.17, 15) is 0 Å². The minimum absolute atomic E-state index is 0.359. The van der Waals surface area contributed by atoms with E-state index < -0.39 is 6.41 Å². The van der Waals surface area contributed by atoms with Gasteiger partial charge in [0.05, 0.1) is 0 Å². The molecule has 4 heteroatoms. The van der Waals surface area contributed by atoms with Gasteiger partial charge in [-0.2, -0.15) is 0 Å². The van der Waals surface area contributed by atoms with Crippen molar-refractivity contribution in [2.24, 2.45) is 0 Å². The molecule has 13 heavy (non-hydrogen) atoms. The zero-order valence-electron chi connectivity index (χ0n) is 8.06. The normalized spacial score (nSPS) is 11.6. The summed E-state index contributed by atoms with van der Waals surface area (Å²) in [5.41, 5.74) is 0. The molecule has 0 aliphatic rings. The Morgan fingerprint density at radius 2 is 1.62 bits per heavy atom. The molecular formula is C9H14O2PSe+. The molecule has 72 valence electrons. The summed E-state index contributed by atoms with van der Waals surface area (Å²) in [5, 5.41) is 1.20. The molecular weight excluding hydrogens is 250 g/mol. The quantitative estimate of drug-likeness (QED) is 0.612. The molecule has 0 aliphatic carbocycles. The molecule has 1 rings (SSSR count). The summed E-state index contributed by atoms with van der Waals surface area (Å²) in [6.07, 6.45) is -1.73. The second kappa shape index (κ2) is 5.09. The third kappa shape index (κ3) is 2.31. The Balaban J connectivity index is 3.01. The first-order valence-corrected chi connectivity index (χ1v) is 9.46. The van der Waals surface area contributed by atoms with Crippen LogP contribution in [-0.2, 0) is 9.05 Å². The average Bonchev–Trinajstić information content (AvgIpc) is 2.23. The number of rotatable bonds is 4. The van der Waals surface area contributed by atoms with Crippen LogP contribution < -0.4 is 5.30 Å². The summed E-state index contributed by atoms with van der Waals surface area (Å²) in [7, 11) is 3.46. The minimum atomic E-state index is -1.73. The zero-order chi connectivity index (χ0) is 9.73. The molecule has 1 aromatic rings. The molecule has 1 aromatic carbocycles. The molecule has 0 saturated heterocycles. The van der Waals surface area contributed by atoms with Crippen LogP contribution in [0.25, 0.3) is 0 Å². The fourth-order valence-corrected chi connectivity index (χ4v) is 6.74.